The van der Waals surface area contributed by atoms with E-state index in [2.05, 4.69) is 16.7 Å². The first-order valence-electron chi connectivity index (χ1n) is 8.18. The first-order chi connectivity index (χ1) is 13.1. The van der Waals surface area contributed by atoms with Crippen LogP contribution in [0, 0.1) is 12.0 Å². The molecule has 2 aromatic rings. The minimum atomic E-state index is -0.416. The molecule has 1 atom stereocenters. The summed E-state index contributed by atoms with van der Waals surface area (Å²) in [6.07, 6.45) is 10.2. The van der Waals surface area contributed by atoms with Gasteiger partial charge in [0.2, 0.25) is 0 Å². The van der Waals surface area contributed by atoms with E-state index >= 15 is 0 Å². The molecule has 0 spiro atoms. The van der Waals surface area contributed by atoms with Gasteiger partial charge in [0, 0.05) is 18.1 Å². The number of aromatic nitrogens is 1. The number of hydrogen-bond donors (Lipinski definition) is 2. The quantitative estimate of drug-likeness (QED) is 0.344. The second kappa shape index (κ2) is 9.20. The lowest BCUT2D eigenvalue weighted by Crippen LogP contribution is -2.36. The highest BCUT2D eigenvalue weighted by molar-refractivity contribution is 8.02. The second-order valence-electron chi connectivity index (χ2n) is 5.62. The molecular weight excluding hydrogens is 367 g/mol. The van der Waals surface area contributed by atoms with Crippen LogP contribution in [-0.4, -0.2) is 22.5 Å². The Bertz CT molecular complexity index is 845. The van der Waals surface area contributed by atoms with Crippen LogP contribution < -0.4 is 11.2 Å². The number of pyridine rings is 1. The van der Waals surface area contributed by atoms with Crippen molar-refractivity contribution in [1.82, 2.24) is 15.4 Å². The lowest BCUT2D eigenvalue weighted by molar-refractivity contribution is 0.0689. The number of nitrogens with zero attached hydrogens (tertiary/aromatic N) is 2. The SMILES string of the molecule is Nc1ccc(F)cc1CC=CCONC(=O)N1[C]=CSC1c1ccncc1. The van der Waals surface area contributed by atoms with Crippen LogP contribution in [0.5, 0.6) is 0 Å². The lowest BCUT2D eigenvalue weighted by atomic mass is 10.1. The number of carbonyl (C=O) groups excluding carboxylic acids is 1. The van der Waals surface area contributed by atoms with Crippen molar-refractivity contribution in [1.29, 1.82) is 0 Å². The van der Waals surface area contributed by atoms with Crippen molar-refractivity contribution in [2.24, 2.45) is 0 Å². The molecule has 8 heteroatoms. The largest absolute Gasteiger partial charge is 0.398 e. The fraction of sp³-hybridized carbons (Fsp3) is 0.158. The van der Waals surface area contributed by atoms with E-state index in [-0.39, 0.29) is 17.8 Å². The molecule has 2 heterocycles. The number of hydroxylamine groups is 1. The fourth-order valence-corrected chi connectivity index (χ4v) is 3.33. The molecule has 2 amide bonds. The van der Waals surface area contributed by atoms with Crippen LogP contribution in [0.1, 0.15) is 16.5 Å². The predicted molar refractivity (Wildman–Crippen MR) is 102 cm³/mol. The Kier molecular flexibility index (Phi) is 6.45. The van der Waals surface area contributed by atoms with E-state index in [1.807, 2.05) is 12.1 Å². The molecule has 27 heavy (non-hydrogen) atoms. The number of carbonyl (C=O) groups is 1. The fourth-order valence-electron chi connectivity index (χ4n) is 2.43. The summed E-state index contributed by atoms with van der Waals surface area (Å²) in [5.74, 6) is -0.326. The third kappa shape index (κ3) is 5.08. The third-order valence-electron chi connectivity index (χ3n) is 3.78. The number of thioether (sulfide) groups is 1. The first-order valence-corrected chi connectivity index (χ1v) is 9.12. The van der Waals surface area contributed by atoms with E-state index in [1.165, 1.54) is 34.9 Å². The van der Waals surface area contributed by atoms with Gasteiger partial charge in [-0.2, -0.15) is 0 Å². The summed E-state index contributed by atoms with van der Waals surface area (Å²) >= 11 is 1.47. The topological polar surface area (TPSA) is 80.5 Å². The predicted octanol–water partition coefficient (Wildman–Crippen LogP) is 3.56. The number of nitrogen functional groups attached to an aromatic ring is 1. The highest BCUT2D eigenvalue weighted by Crippen LogP contribution is 2.37. The Labute approximate surface area is 160 Å². The zero-order chi connectivity index (χ0) is 19.1. The van der Waals surface area contributed by atoms with E-state index in [0.717, 1.165) is 5.56 Å². The monoisotopic (exact) mass is 385 g/mol. The molecular formula is C19H18FN4O2S. The summed E-state index contributed by atoms with van der Waals surface area (Å²) in [4.78, 5) is 22.8. The number of halogens is 1. The highest BCUT2D eigenvalue weighted by Gasteiger charge is 2.27. The van der Waals surface area contributed by atoms with Gasteiger partial charge in [-0.25, -0.2) is 14.7 Å². The van der Waals surface area contributed by atoms with Gasteiger partial charge in [-0.15, -0.1) is 11.8 Å². The normalized spacial score (nSPS) is 16.2. The molecule has 0 bridgehead atoms. The zero-order valence-corrected chi connectivity index (χ0v) is 15.2. The van der Waals surface area contributed by atoms with Gasteiger partial charge in [-0.1, -0.05) is 12.2 Å². The first kappa shape index (κ1) is 18.9. The van der Waals surface area contributed by atoms with Crippen molar-refractivity contribution in [3.63, 3.8) is 0 Å². The van der Waals surface area contributed by atoms with E-state index in [1.54, 1.807) is 30.0 Å². The minimum Gasteiger partial charge on any atom is -0.398 e. The van der Waals surface area contributed by atoms with Crippen LogP contribution in [0.3, 0.4) is 0 Å². The molecule has 1 aromatic heterocycles. The standard InChI is InChI=1S/C19H18FN4O2S/c20-16-4-5-17(21)15(13-16)3-1-2-11-26-23-19(25)24-10-12-27-18(24)14-6-8-22-9-7-14/h1-2,4-9,12-13,18H,3,11,21H2,(H,23,25). The van der Waals surface area contributed by atoms with Gasteiger partial charge < -0.3 is 5.73 Å². The van der Waals surface area contributed by atoms with Gasteiger partial charge >= 0.3 is 6.03 Å². The van der Waals surface area contributed by atoms with Gasteiger partial charge in [0.15, 0.2) is 0 Å². The molecule has 1 radical (unpaired) electrons. The van der Waals surface area contributed by atoms with Crippen molar-refractivity contribution in [2.75, 3.05) is 12.3 Å². The summed E-state index contributed by atoms with van der Waals surface area (Å²) < 4.78 is 13.2. The summed E-state index contributed by atoms with van der Waals surface area (Å²) in [7, 11) is 0. The number of hydrogen-bond acceptors (Lipinski definition) is 5. The van der Waals surface area contributed by atoms with Crippen molar-refractivity contribution in [3.05, 3.63) is 83.4 Å². The molecule has 1 aromatic carbocycles. The van der Waals surface area contributed by atoms with E-state index in [4.69, 9.17) is 10.6 Å². The molecule has 139 valence electrons. The van der Waals surface area contributed by atoms with Crippen LogP contribution in [0.4, 0.5) is 14.9 Å². The van der Waals surface area contributed by atoms with Gasteiger partial charge in [0.05, 0.1) is 12.8 Å². The van der Waals surface area contributed by atoms with Crippen LogP contribution in [-0.2, 0) is 11.3 Å². The second-order valence-corrected chi connectivity index (χ2v) is 6.58. The Balaban J connectivity index is 1.44. The summed E-state index contributed by atoms with van der Waals surface area (Å²) in [5.41, 5.74) is 10.3. The van der Waals surface area contributed by atoms with Crippen LogP contribution >= 0.6 is 11.8 Å². The van der Waals surface area contributed by atoms with Crippen LogP contribution in [0.25, 0.3) is 0 Å². The minimum absolute atomic E-state index is 0.172. The molecule has 3 rings (SSSR count). The lowest BCUT2D eigenvalue weighted by Gasteiger charge is -2.22. The Morgan fingerprint density at radius 1 is 1.37 bits per heavy atom. The maximum atomic E-state index is 13.2. The maximum Gasteiger partial charge on any atom is 0.347 e. The summed E-state index contributed by atoms with van der Waals surface area (Å²) in [6, 6.07) is 7.53. The molecule has 0 fully saturated rings. The zero-order valence-electron chi connectivity index (χ0n) is 14.3. The average Bonchev–Trinajstić information content (AvgIpc) is 3.17. The average molecular weight is 385 g/mol. The van der Waals surface area contributed by atoms with Crippen molar-refractivity contribution >= 4 is 23.5 Å². The van der Waals surface area contributed by atoms with E-state index in [0.29, 0.717) is 17.7 Å². The van der Waals surface area contributed by atoms with E-state index in [9.17, 15) is 9.18 Å². The third-order valence-corrected chi connectivity index (χ3v) is 4.76. The number of amides is 2. The number of anilines is 1. The maximum absolute atomic E-state index is 13.2. The Morgan fingerprint density at radius 2 is 2.19 bits per heavy atom. The van der Waals surface area contributed by atoms with Crippen molar-refractivity contribution in [3.8, 4) is 0 Å². The number of benzene rings is 1. The number of nitrogens with one attached hydrogen (secondary N) is 1. The highest BCUT2D eigenvalue weighted by atomic mass is 32.2. The van der Waals surface area contributed by atoms with Gasteiger partial charge in [0.25, 0.3) is 0 Å². The van der Waals surface area contributed by atoms with Crippen LogP contribution in [0.15, 0.2) is 60.3 Å². The smallest absolute Gasteiger partial charge is 0.347 e. The number of allylic oxidation sites excluding steroid dienone is 1. The van der Waals surface area contributed by atoms with E-state index < -0.39 is 6.03 Å². The molecule has 6 nitrogen and oxygen atoms in total. The van der Waals surface area contributed by atoms with Crippen molar-refractivity contribution < 1.29 is 14.0 Å². The summed E-state index contributed by atoms with van der Waals surface area (Å²) in [6.45, 7) is 0.172. The molecule has 3 N–H and O–H groups in total. The number of nitrogens with two attached hydrogens (primary N) is 1. The number of urea groups is 1. The molecule has 1 aliphatic rings. The van der Waals surface area contributed by atoms with Gasteiger partial charge in [-0.05, 0) is 53.3 Å². The molecule has 0 saturated carbocycles. The summed E-state index contributed by atoms with van der Waals surface area (Å²) in [5, 5.41) is 1.52. The molecule has 0 saturated heterocycles. The molecule has 1 unspecified atom stereocenters. The van der Waals surface area contributed by atoms with Crippen molar-refractivity contribution in [2.45, 2.75) is 11.8 Å². The van der Waals surface area contributed by atoms with Gasteiger partial charge in [0.1, 0.15) is 11.2 Å². The van der Waals surface area contributed by atoms with Crippen LogP contribution in [0.2, 0.25) is 0 Å². The molecule has 0 aliphatic carbocycles. The molecule has 1 aliphatic heterocycles. The Morgan fingerprint density at radius 3 is 3.00 bits per heavy atom. The Hall–Kier alpha value is -2.84. The number of rotatable bonds is 6. The van der Waals surface area contributed by atoms with Gasteiger partial charge in [-0.3, -0.25) is 14.7 Å².